The zero-order valence-corrected chi connectivity index (χ0v) is 12.9. The maximum absolute atomic E-state index is 6.37. The van der Waals surface area contributed by atoms with Crippen LogP contribution in [0.5, 0.6) is 0 Å². The zero-order chi connectivity index (χ0) is 14.6. The van der Waals surface area contributed by atoms with Gasteiger partial charge < -0.3 is 4.74 Å². The maximum Gasteiger partial charge on any atom is 0.207 e. The van der Waals surface area contributed by atoms with Gasteiger partial charge in [-0.15, -0.1) is 0 Å². The summed E-state index contributed by atoms with van der Waals surface area (Å²) < 4.78 is 6.37. The normalized spacial score (nSPS) is 46.8. The number of hydrogen-bond donors (Lipinski definition) is 0. The number of hydrogen-bond acceptors (Lipinski definition) is 3. The molecule has 0 unspecified atom stereocenters. The lowest BCUT2D eigenvalue weighted by Gasteiger charge is -2.58. The van der Waals surface area contributed by atoms with Gasteiger partial charge in [0.2, 0.25) is 5.79 Å². The van der Waals surface area contributed by atoms with E-state index in [1.807, 2.05) is 6.07 Å². The van der Waals surface area contributed by atoms with Gasteiger partial charge in [0, 0.05) is 18.3 Å². The van der Waals surface area contributed by atoms with Crippen molar-refractivity contribution in [2.45, 2.75) is 50.4 Å². The summed E-state index contributed by atoms with van der Waals surface area (Å²) in [6, 6.07) is 10.4. The smallest absolute Gasteiger partial charge is 0.207 e. The van der Waals surface area contributed by atoms with E-state index < -0.39 is 5.79 Å². The predicted octanol–water partition coefficient (Wildman–Crippen LogP) is 4.25. The average molecular weight is 300 g/mol. The molecular weight excluding hydrogens is 276 g/mol. The van der Waals surface area contributed by atoms with Crippen LogP contribution >= 0.6 is 0 Å². The van der Waals surface area contributed by atoms with E-state index in [0.717, 1.165) is 24.9 Å². The number of ether oxygens (including phenoxy) is 1. The standard InChI is InChI=1S/C19H24O3/c1-2-4-15(5-3-1)18-6-7-20-19(22-21-18)16-9-13-8-14(11-16)12-17(19)10-13/h1-5,13-14,16-18H,6-12H2/t13?,14?,16?,17?,18-,19?/m1/s1. The lowest BCUT2D eigenvalue weighted by atomic mass is 9.53. The van der Waals surface area contributed by atoms with Gasteiger partial charge in [0.15, 0.2) is 0 Å². The van der Waals surface area contributed by atoms with Crippen molar-refractivity contribution in [2.24, 2.45) is 23.7 Å². The fraction of sp³-hybridized carbons (Fsp3) is 0.684. The molecule has 3 heteroatoms. The van der Waals surface area contributed by atoms with Gasteiger partial charge in [-0.2, -0.15) is 4.89 Å². The van der Waals surface area contributed by atoms with Crippen molar-refractivity contribution in [1.82, 2.24) is 0 Å². The van der Waals surface area contributed by atoms with Crippen molar-refractivity contribution < 1.29 is 14.5 Å². The molecule has 0 radical (unpaired) electrons. The monoisotopic (exact) mass is 300 g/mol. The highest BCUT2D eigenvalue weighted by molar-refractivity contribution is 5.17. The third-order valence-corrected chi connectivity index (χ3v) is 6.45. The lowest BCUT2D eigenvalue weighted by molar-refractivity contribution is -0.475. The Balaban J connectivity index is 1.39. The molecule has 1 aromatic rings. The second-order valence-corrected chi connectivity index (χ2v) is 7.74. The molecule has 4 aliphatic carbocycles. The van der Waals surface area contributed by atoms with Crippen LogP contribution in [0.1, 0.15) is 50.2 Å². The van der Waals surface area contributed by atoms with Crippen LogP contribution in [0.25, 0.3) is 0 Å². The van der Waals surface area contributed by atoms with Crippen molar-refractivity contribution in [3.8, 4) is 0 Å². The first-order valence-corrected chi connectivity index (χ1v) is 8.87. The molecule has 0 aromatic heterocycles. The van der Waals surface area contributed by atoms with Crippen LogP contribution in [0.2, 0.25) is 0 Å². The minimum Gasteiger partial charge on any atom is -0.347 e. The van der Waals surface area contributed by atoms with Gasteiger partial charge in [0.05, 0.1) is 6.61 Å². The van der Waals surface area contributed by atoms with Crippen LogP contribution in [0.4, 0.5) is 0 Å². The molecule has 4 bridgehead atoms. The van der Waals surface area contributed by atoms with E-state index >= 15 is 0 Å². The summed E-state index contributed by atoms with van der Waals surface area (Å²) in [4.78, 5) is 12.1. The van der Waals surface area contributed by atoms with Crippen molar-refractivity contribution in [3.05, 3.63) is 35.9 Å². The van der Waals surface area contributed by atoms with Crippen LogP contribution in [0.3, 0.4) is 0 Å². The van der Waals surface area contributed by atoms with Crippen molar-refractivity contribution in [1.29, 1.82) is 0 Å². The van der Waals surface area contributed by atoms with Gasteiger partial charge in [-0.1, -0.05) is 30.3 Å². The molecule has 1 atom stereocenters. The largest absolute Gasteiger partial charge is 0.347 e. The Hall–Kier alpha value is -0.900. The summed E-state index contributed by atoms with van der Waals surface area (Å²) in [6.45, 7) is 0.738. The Bertz CT molecular complexity index is 513. The van der Waals surface area contributed by atoms with E-state index in [1.54, 1.807) is 0 Å². The molecule has 1 spiro atoms. The quantitative estimate of drug-likeness (QED) is 0.726. The number of benzene rings is 1. The second-order valence-electron chi connectivity index (χ2n) is 7.74. The topological polar surface area (TPSA) is 27.7 Å². The molecule has 0 N–H and O–H groups in total. The van der Waals surface area contributed by atoms with Crippen molar-refractivity contribution in [3.63, 3.8) is 0 Å². The third kappa shape index (κ3) is 1.99. The average Bonchev–Trinajstić information content (AvgIpc) is 2.77. The summed E-state index contributed by atoms with van der Waals surface area (Å²) >= 11 is 0. The fourth-order valence-corrected chi connectivity index (χ4v) is 5.63. The van der Waals surface area contributed by atoms with E-state index in [4.69, 9.17) is 14.5 Å². The molecule has 22 heavy (non-hydrogen) atoms. The Morgan fingerprint density at radius 2 is 1.55 bits per heavy atom. The first-order chi connectivity index (χ1) is 10.8. The van der Waals surface area contributed by atoms with Gasteiger partial charge in [-0.05, 0) is 49.5 Å². The molecule has 0 amide bonds. The van der Waals surface area contributed by atoms with E-state index in [2.05, 4.69) is 24.3 Å². The van der Waals surface area contributed by atoms with Gasteiger partial charge in [0.1, 0.15) is 6.10 Å². The van der Waals surface area contributed by atoms with Crippen LogP contribution in [-0.4, -0.2) is 12.4 Å². The third-order valence-electron chi connectivity index (χ3n) is 6.45. The van der Waals surface area contributed by atoms with Gasteiger partial charge in [-0.25, -0.2) is 4.89 Å². The molecule has 1 saturated heterocycles. The molecule has 1 aromatic carbocycles. The highest BCUT2D eigenvalue weighted by Gasteiger charge is 2.61. The van der Waals surface area contributed by atoms with Crippen molar-refractivity contribution in [2.75, 3.05) is 6.61 Å². The van der Waals surface area contributed by atoms with E-state index in [1.165, 1.54) is 37.7 Å². The van der Waals surface area contributed by atoms with Crippen LogP contribution < -0.4 is 0 Å². The predicted molar refractivity (Wildman–Crippen MR) is 81.7 cm³/mol. The molecule has 1 aliphatic heterocycles. The highest BCUT2D eigenvalue weighted by Crippen LogP contribution is 2.60. The summed E-state index contributed by atoms with van der Waals surface area (Å²) in [7, 11) is 0. The first kappa shape index (κ1) is 13.5. The Labute approximate surface area is 131 Å². The molecule has 4 saturated carbocycles. The fourth-order valence-electron chi connectivity index (χ4n) is 5.63. The Kier molecular flexibility index (Phi) is 3.11. The number of rotatable bonds is 1. The van der Waals surface area contributed by atoms with Crippen LogP contribution in [0, 0.1) is 23.7 Å². The minimum absolute atomic E-state index is 0.00207. The Morgan fingerprint density at radius 3 is 2.23 bits per heavy atom. The lowest BCUT2D eigenvalue weighted by Crippen LogP contribution is -2.60. The van der Waals surface area contributed by atoms with Crippen molar-refractivity contribution >= 4 is 0 Å². The van der Waals surface area contributed by atoms with E-state index in [9.17, 15) is 0 Å². The minimum atomic E-state index is -0.447. The Morgan fingerprint density at radius 1 is 0.864 bits per heavy atom. The van der Waals surface area contributed by atoms with E-state index in [-0.39, 0.29) is 6.10 Å². The summed E-state index contributed by atoms with van der Waals surface area (Å²) in [5.74, 6) is 2.45. The zero-order valence-electron chi connectivity index (χ0n) is 12.9. The first-order valence-electron chi connectivity index (χ1n) is 8.87. The van der Waals surface area contributed by atoms with E-state index in [0.29, 0.717) is 11.8 Å². The van der Waals surface area contributed by atoms with Crippen LogP contribution in [0.15, 0.2) is 30.3 Å². The van der Waals surface area contributed by atoms with Gasteiger partial charge in [0.25, 0.3) is 0 Å². The van der Waals surface area contributed by atoms with Crippen LogP contribution in [-0.2, 0) is 14.5 Å². The summed E-state index contributed by atoms with van der Waals surface area (Å²) in [5.41, 5.74) is 1.19. The molecule has 1 heterocycles. The molecule has 5 aliphatic rings. The second kappa shape index (κ2) is 5.05. The molecule has 6 rings (SSSR count). The molecule has 5 fully saturated rings. The summed E-state index contributed by atoms with van der Waals surface area (Å²) in [6.07, 6.45) is 7.39. The molecule has 118 valence electrons. The summed E-state index contributed by atoms with van der Waals surface area (Å²) in [5, 5.41) is 0. The van der Waals surface area contributed by atoms with Gasteiger partial charge in [-0.3, -0.25) is 0 Å². The maximum atomic E-state index is 6.37. The SMILES string of the molecule is c1ccc([C@H]2CCOC3(OO2)C2CC4CC(C2)CC3C4)cc1. The van der Waals surface area contributed by atoms with Gasteiger partial charge >= 0.3 is 0 Å². The highest BCUT2D eigenvalue weighted by atomic mass is 17.2. The molecular formula is C19H24O3. The molecule has 3 nitrogen and oxygen atoms in total.